The molecule has 0 saturated carbocycles. The second-order valence-electron chi connectivity index (χ2n) is 4.58. The summed E-state index contributed by atoms with van der Waals surface area (Å²) >= 11 is 0. The lowest BCUT2D eigenvalue weighted by Crippen LogP contribution is -2.43. The van der Waals surface area contributed by atoms with Gasteiger partial charge in [0.1, 0.15) is 0 Å². The number of hydrogen-bond donors (Lipinski definition) is 1. The third-order valence-electron chi connectivity index (χ3n) is 3.48. The van der Waals surface area contributed by atoms with Crippen LogP contribution in [0.4, 0.5) is 0 Å². The molecule has 2 aliphatic rings. The summed E-state index contributed by atoms with van der Waals surface area (Å²) in [5.41, 5.74) is 0. The van der Waals surface area contributed by atoms with Crippen LogP contribution in [0.25, 0.3) is 0 Å². The Bertz CT molecular complexity index is 163. The molecule has 82 valence electrons. The third-order valence-corrected chi connectivity index (χ3v) is 3.48. The smallest absolute Gasteiger partial charge is 0.0480 e. The first kappa shape index (κ1) is 10.4. The Kier molecular flexibility index (Phi) is 3.79. The highest BCUT2D eigenvalue weighted by Crippen LogP contribution is 2.15. The van der Waals surface area contributed by atoms with E-state index in [2.05, 4.69) is 17.3 Å². The summed E-state index contributed by atoms with van der Waals surface area (Å²) in [6.45, 7) is 4.33. The van der Waals surface area contributed by atoms with E-state index in [1.807, 2.05) is 0 Å². The zero-order valence-corrected chi connectivity index (χ0v) is 9.17. The molecule has 0 bridgehead atoms. The SMILES string of the molecule is CN(CC1CCCN1)C1CCOCC1. The van der Waals surface area contributed by atoms with E-state index in [-0.39, 0.29) is 0 Å². The van der Waals surface area contributed by atoms with Gasteiger partial charge in [-0.2, -0.15) is 0 Å². The van der Waals surface area contributed by atoms with Crippen molar-refractivity contribution < 1.29 is 4.74 Å². The highest BCUT2D eigenvalue weighted by molar-refractivity contribution is 4.80. The molecule has 1 atom stereocenters. The maximum absolute atomic E-state index is 5.38. The van der Waals surface area contributed by atoms with Crippen LogP contribution in [0.2, 0.25) is 0 Å². The first-order valence-corrected chi connectivity index (χ1v) is 5.87. The van der Waals surface area contributed by atoms with Crippen LogP contribution in [0.5, 0.6) is 0 Å². The van der Waals surface area contributed by atoms with E-state index in [0.717, 1.165) is 25.3 Å². The number of ether oxygens (including phenoxy) is 1. The number of nitrogens with one attached hydrogen (secondary N) is 1. The number of rotatable bonds is 3. The molecule has 2 rings (SSSR count). The number of likely N-dealkylation sites (N-methyl/N-ethyl adjacent to an activating group) is 1. The van der Waals surface area contributed by atoms with Gasteiger partial charge < -0.3 is 15.0 Å². The molecule has 3 heteroatoms. The van der Waals surface area contributed by atoms with E-state index < -0.39 is 0 Å². The zero-order chi connectivity index (χ0) is 9.80. The van der Waals surface area contributed by atoms with Gasteiger partial charge in [0.2, 0.25) is 0 Å². The Morgan fingerprint density at radius 1 is 1.29 bits per heavy atom. The summed E-state index contributed by atoms with van der Waals surface area (Å²) in [5.74, 6) is 0. The van der Waals surface area contributed by atoms with Gasteiger partial charge in [0.25, 0.3) is 0 Å². The molecular formula is C11H22N2O. The van der Waals surface area contributed by atoms with Crippen molar-refractivity contribution in [1.29, 1.82) is 0 Å². The fourth-order valence-electron chi connectivity index (χ4n) is 2.54. The van der Waals surface area contributed by atoms with Crippen molar-refractivity contribution in [2.75, 3.05) is 33.4 Å². The topological polar surface area (TPSA) is 24.5 Å². The molecule has 0 aromatic rings. The van der Waals surface area contributed by atoms with Crippen LogP contribution >= 0.6 is 0 Å². The van der Waals surface area contributed by atoms with Crippen molar-refractivity contribution in [3.05, 3.63) is 0 Å². The van der Waals surface area contributed by atoms with Gasteiger partial charge in [0.05, 0.1) is 0 Å². The Hall–Kier alpha value is -0.120. The number of hydrogen-bond acceptors (Lipinski definition) is 3. The Morgan fingerprint density at radius 2 is 2.07 bits per heavy atom. The van der Waals surface area contributed by atoms with Crippen molar-refractivity contribution in [3.63, 3.8) is 0 Å². The Labute approximate surface area is 86.8 Å². The molecule has 2 heterocycles. The molecule has 0 radical (unpaired) electrons. The first-order valence-electron chi connectivity index (χ1n) is 5.87. The quantitative estimate of drug-likeness (QED) is 0.727. The average Bonchev–Trinajstić information content (AvgIpc) is 2.72. The van der Waals surface area contributed by atoms with Gasteiger partial charge >= 0.3 is 0 Å². The summed E-state index contributed by atoms with van der Waals surface area (Å²) in [5, 5.41) is 3.55. The molecular weight excluding hydrogens is 176 g/mol. The van der Waals surface area contributed by atoms with Gasteiger partial charge in [0, 0.05) is 31.8 Å². The first-order chi connectivity index (χ1) is 6.86. The molecule has 14 heavy (non-hydrogen) atoms. The van der Waals surface area contributed by atoms with E-state index in [0.29, 0.717) is 0 Å². The maximum Gasteiger partial charge on any atom is 0.0480 e. The normalized spacial score (nSPS) is 30.0. The standard InChI is InChI=1S/C11H22N2O/c1-13(9-10-3-2-6-12-10)11-4-7-14-8-5-11/h10-12H,2-9H2,1H3. The largest absolute Gasteiger partial charge is 0.381 e. The van der Waals surface area contributed by atoms with E-state index in [1.165, 1.54) is 38.8 Å². The second kappa shape index (κ2) is 5.10. The van der Waals surface area contributed by atoms with Crippen LogP contribution in [0.15, 0.2) is 0 Å². The molecule has 0 aromatic heterocycles. The molecule has 1 unspecified atom stereocenters. The van der Waals surface area contributed by atoms with Crippen LogP contribution in [0.3, 0.4) is 0 Å². The minimum absolute atomic E-state index is 0.739. The molecule has 2 saturated heterocycles. The summed E-state index contributed by atoms with van der Waals surface area (Å²) in [7, 11) is 2.26. The van der Waals surface area contributed by atoms with Gasteiger partial charge in [-0.25, -0.2) is 0 Å². The predicted octanol–water partition coefficient (Wildman–Crippen LogP) is 0.849. The van der Waals surface area contributed by atoms with Gasteiger partial charge in [-0.1, -0.05) is 0 Å². The zero-order valence-electron chi connectivity index (χ0n) is 9.17. The molecule has 1 N–H and O–H groups in total. The summed E-state index contributed by atoms with van der Waals surface area (Å²) in [6, 6.07) is 1.49. The lowest BCUT2D eigenvalue weighted by Gasteiger charge is -2.32. The second-order valence-corrected chi connectivity index (χ2v) is 4.58. The van der Waals surface area contributed by atoms with Crippen LogP contribution in [-0.2, 0) is 4.74 Å². The average molecular weight is 198 g/mol. The van der Waals surface area contributed by atoms with E-state index in [4.69, 9.17) is 4.74 Å². The molecule has 3 nitrogen and oxygen atoms in total. The van der Waals surface area contributed by atoms with Crippen LogP contribution in [0.1, 0.15) is 25.7 Å². The summed E-state index contributed by atoms with van der Waals surface area (Å²) in [4.78, 5) is 2.52. The minimum Gasteiger partial charge on any atom is -0.381 e. The fourth-order valence-corrected chi connectivity index (χ4v) is 2.54. The van der Waals surface area contributed by atoms with Crippen molar-refractivity contribution in [3.8, 4) is 0 Å². The van der Waals surface area contributed by atoms with Crippen LogP contribution in [0, 0.1) is 0 Å². The molecule has 0 spiro atoms. The minimum atomic E-state index is 0.739. The van der Waals surface area contributed by atoms with Crippen molar-refractivity contribution >= 4 is 0 Å². The molecule has 2 fully saturated rings. The van der Waals surface area contributed by atoms with Gasteiger partial charge in [-0.05, 0) is 39.3 Å². The van der Waals surface area contributed by atoms with Gasteiger partial charge in [-0.3, -0.25) is 0 Å². The molecule has 0 amide bonds. The lowest BCUT2D eigenvalue weighted by atomic mass is 10.1. The molecule has 0 aliphatic carbocycles. The van der Waals surface area contributed by atoms with Gasteiger partial charge in [0.15, 0.2) is 0 Å². The molecule has 0 aromatic carbocycles. The van der Waals surface area contributed by atoms with Gasteiger partial charge in [-0.15, -0.1) is 0 Å². The molecule has 2 aliphatic heterocycles. The highest BCUT2D eigenvalue weighted by atomic mass is 16.5. The fraction of sp³-hybridized carbons (Fsp3) is 1.00. The summed E-state index contributed by atoms with van der Waals surface area (Å²) in [6.07, 6.45) is 5.13. The third kappa shape index (κ3) is 2.69. The Morgan fingerprint density at radius 3 is 2.71 bits per heavy atom. The van der Waals surface area contributed by atoms with Crippen LogP contribution in [-0.4, -0.2) is 50.3 Å². The highest BCUT2D eigenvalue weighted by Gasteiger charge is 2.22. The van der Waals surface area contributed by atoms with E-state index >= 15 is 0 Å². The maximum atomic E-state index is 5.38. The van der Waals surface area contributed by atoms with Crippen molar-refractivity contribution in [2.45, 2.75) is 37.8 Å². The van der Waals surface area contributed by atoms with Crippen molar-refractivity contribution in [2.24, 2.45) is 0 Å². The summed E-state index contributed by atoms with van der Waals surface area (Å²) < 4.78 is 5.38. The van der Waals surface area contributed by atoms with E-state index in [9.17, 15) is 0 Å². The van der Waals surface area contributed by atoms with Crippen molar-refractivity contribution in [1.82, 2.24) is 10.2 Å². The Balaban J connectivity index is 1.72. The number of nitrogens with zero attached hydrogens (tertiary/aromatic N) is 1. The van der Waals surface area contributed by atoms with Crippen LogP contribution < -0.4 is 5.32 Å². The monoisotopic (exact) mass is 198 g/mol. The predicted molar refractivity (Wildman–Crippen MR) is 57.5 cm³/mol. The van der Waals surface area contributed by atoms with E-state index in [1.54, 1.807) is 0 Å². The lowest BCUT2D eigenvalue weighted by molar-refractivity contribution is 0.0408.